The van der Waals surface area contributed by atoms with Crippen LogP contribution < -0.4 is 10.2 Å². The second-order valence-corrected chi connectivity index (χ2v) is 6.76. The van der Waals surface area contributed by atoms with Crippen LogP contribution in [0.4, 0.5) is 5.95 Å². The maximum absolute atomic E-state index is 12.8. The molecule has 3 heterocycles. The monoisotopic (exact) mass is 378 g/mol. The maximum Gasteiger partial charge on any atom is 0.277 e. The molecule has 0 unspecified atom stereocenters. The van der Waals surface area contributed by atoms with E-state index in [1.165, 1.54) is 0 Å². The van der Waals surface area contributed by atoms with E-state index in [2.05, 4.69) is 27.0 Å². The highest BCUT2D eigenvalue weighted by molar-refractivity contribution is 5.77. The van der Waals surface area contributed by atoms with Crippen molar-refractivity contribution < 1.29 is 14.5 Å². The fourth-order valence-electron chi connectivity index (χ4n) is 3.50. The third kappa shape index (κ3) is 4.20. The quantitative estimate of drug-likeness (QED) is 0.694. The summed E-state index contributed by atoms with van der Waals surface area (Å²) in [5.74, 6) is 1.72. The first-order valence-corrected chi connectivity index (χ1v) is 9.52. The predicted molar refractivity (Wildman–Crippen MR) is 105 cm³/mol. The topological polar surface area (TPSA) is 79.1 Å². The number of hydrogen-bond donors (Lipinski definition) is 1. The van der Waals surface area contributed by atoms with E-state index in [9.17, 15) is 4.79 Å². The van der Waals surface area contributed by atoms with E-state index < -0.39 is 0 Å². The van der Waals surface area contributed by atoms with Crippen molar-refractivity contribution in [3.63, 3.8) is 0 Å². The van der Waals surface area contributed by atoms with Crippen LogP contribution in [0.15, 0.2) is 71.6 Å². The Kier molecular flexibility index (Phi) is 5.63. The molecule has 0 bridgehead atoms. The molecular formula is C21H24N5O2+. The van der Waals surface area contributed by atoms with Gasteiger partial charge in [0.2, 0.25) is 5.95 Å². The highest BCUT2D eigenvalue weighted by Gasteiger charge is 2.26. The molecule has 1 saturated heterocycles. The van der Waals surface area contributed by atoms with Gasteiger partial charge in [0.1, 0.15) is 0 Å². The number of benzene rings is 1. The summed E-state index contributed by atoms with van der Waals surface area (Å²) in [6.07, 6.45) is 5.16. The van der Waals surface area contributed by atoms with Crippen LogP contribution in [-0.2, 0) is 4.79 Å². The predicted octanol–water partition coefficient (Wildman–Crippen LogP) is 1.07. The van der Waals surface area contributed by atoms with E-state index in [-0.39, 0.29) is 11.9 Å². The van der Waals surface area contributed by atoms with E-state index in [0.29, 0.717) is 19.6 Å². The third-order valence-electron chi connectivity index (χ3n) is 5.00. The Morgan fingerprint density at radius 2 is 1.75 bits per heavy atom. The second-order valence-electron chi connectivity index (χ2n) is 6.76. The van der Waals surface area contributed by atoms with Crippen molar-refractivity contribution in [3.05, 3.63) is 78.5 Å². The molecule has 2 aromatic heterocycles. The van der Waals surface area contributed by atoms with Gasteiger partial charge < -0.3 is 19.5 Å². The smallest absolute Gasteiger partial charge is 0.277 e. The fourth-order valence-corrected chi connectivity index (χ4v) is 3.50. The molecule has 0 aliphatic carbocycles. The van der Waals surface area contributed by atoms with Crippen LogP contribution in [0, 0.1) is 0 Å². The number of amides is 1. The average Bonchev–Trinajstić information content (AvgIpc) is 3.30. The van der Waals surface area contributed by atoms with Crippen LogP contribution in [0.3, 0.4) is 0 Å². The molecule has 3 aromatic rings. The van der Waals surface area contributed by atoms with E-state index in [1.807, 2.05) is 40.5 Å². The molecule has 0 spiro atoms. The summed E-state index contributed by atoms with van der Waals surface area (Å²) in [5, 5.41) is 2.04. The first-order valence-electron chi connectivity index (χ1n) is 9.52. The van der Waals surface area contributed by atoms with E-state index in [1.54, 1.807) is 24.7 Å². The number of nitrogens with zero attached hydrogens (tertiary/aromatic N) is 4. The number of furan rings is 1. The molecule has 7 heteroatoms. The summed E-state index contributed by atoms with van der Waals surface area (Å²) >= 11 is 0. The summed E-state index contributed by atoms with van der Waals surface area (Å²) in [4.78, 5) is 25.4. The second kappa shape index (κ2) is 8.67. The van der Waals surface area contributed by atoms with Crippen molar-refractivity contribution in [3.8, 4) is 0 Å². The van der Waals surface area contributed by atoms with Crippen LogP contribution >= 0.6 is 0 Å². The fraction of sp³-hybridized carbons (Fsp3) is 0.286. The molecule has 1 amide bonds. The summed E-state index contributed by atoms with van der Waals surface area (Å²) in [6.45, 7) is 3.23. The molecule has 1 aliphatic heterocycles. The zero-order valence-corrected chi connectivity index (χ0v) is 15.6. The molecule has 144 valence electrons. The highest BCUT2D eigenvalue weighted by Crippen LogP contribution is 2.18. The number of aromatic nitrogens is 2. The minimum atomic E-state index is -0.0286. The Bertz CT molecular complexity index is 862. The van der Waals surface area contributed by atoms with E-state index in [0.717, 1.165) is 30.4 Å². The number of piperazine rings is 1. The molecular weight excluding hydrogens is 354 g/mol. The first kappa shape index (κ1) is 18.2. The van der Waals surface area contributed by atoms with Crippen molar-refractivity contribution >= 4 is 11.9 Å². The van der Waals surface area contributed by atoms with Crippen molar-refractivity contribution in [1.29, 1.82) is 0 Å². The van der Waals surface area contributed by atoms with Gasteiger partial charge in [0.05, 0.1) is 6.26 Å². The Morgan fingerprint density at radius 3 is 2.43 bits per heavy atom. The average molecular weight is 378 g/mol. The van der Waals surface area contributed by atoms with Crippen molar-refractivity contribution in [2.45, 2.75) is 6.04 Å². The van der Waals surface area contributed by atoms with Crippen LogP contribution in [0.1, 0.15) is 17.4 Å². The molecule has 4 rings (SSSR count). The summed E-state index contributed by atoms with van der Waals surface area (Å²) in [7, 11) is 0. The number of carbonyl (C=O) groups is 1. The Labute approximate surface area is 164 Å². The van der Waals surface area contributed by atoms with Gasteiger partial charge in [-0.1, -0.05) is 30.3 Å². The van der Waals surface area contributed by atoms with Gasteiger partial charge in [-0.2, -0.15) is 0 Å². The van der Waals surface area contributed by atoms with Crippen molar-refractivity contribution in [2.24, 2.45) is 0 Å². The van der Waals surface area contributed by atoms with E-state index >= 15 is 0 Å². The van der Waals surface area contributed by atoms with Crippen LogP contribution in [0.5, 0.6) is 0 Å². The van der Waals surface area contributed by atoms with Gasteiger partial charge in [-0.15, -0.1) is 0 Å². The van der Waals surface area contributed by atoms with Gasteiger partial charge in [-0.3, -0.25) is 4.79 Å². The molecule has 1 fully saturated rings. The molecule has 1 aromatic carbocycles. The normalized spacial score (nSPS) is 15.4. The van der Waals surface area contributed by atoms with E-state index in [4.69, 9.17) is 4.42 Å². The number of rotatable bonds is 6. The minimum Gasteiger partial charge on any atom is -0.463 e. The zero-order chi connectivity index (χ0) is 19.2. The van der Waals surface area contributed by atoms with Crippen LogP contribution in [0.25, 0.3) is 0 Å². The highest BCUT2D eigenvalue weighted by atomic mass is 16.3. The third-order valence-corrected chi connectivity index (χ3v) is 5.00. The summed E-state index contributed by atoms with van der Waals surface area (Å²) in [5.41, 5.74) is 1.12. The number of anilines is 1. The largest absolute Gasteiger partial charge is 0.463 e. The van der Waals surface area contributed by atoms with Crippen LogP contribution in [-0.4, -0.2) is 53.5 Å². The van der Waals surface area contributed by atoms with Gasteiger partial charge >= 0.3 is 0 Å². The molecule has 0 saturated carbocycles. The number of hydrogen-bond acceptors (Lipinski definition) is 5. The lowest BCUT2D eigenvalue weighted by Crippen LogP contribution is -2.88. The van der Waals surface area contributed by atoms with Gasteiger partial charge in [0.25, 0.3) is 5.91 Å². The maximum atomic E-state index is 12.8. The lowest BCUT2D eigenvalue weighted by Gasteiger charge is -2.34. The number of quaternary nitrogens is 1. The SMILES string of the molecule is O=C(C[NH2+][C@@H](c1ccccc1)c1ccco1)N1CCN(c2ncccn2)CC1. The van der Waals surface area contributed by atoms with Crippen molar-refractivity contribution in [2.75, 3.05) is 37.6 Å². The molecule has 1 atom stereocenters. The lowest BCUT2D eigenvalue weighted by atomic mass is 10.0. The summed E-state index contributed by atoms with van der Waals surface area (Å²) < 4.78 is 5.61. The Morgan fingerprint density at radius 1 is 1.00 bits per heavy atom. The zero-order valence-electron chi connectivity index (χ0n) is 15.6. The molecule has 0 radical (unpaired) electrons. The molecule has 1 aliphatic rings. The molecule has 28 heavy (non-hydrogen) atoms. The number of nitrogens with two attached hydrogens (primary N) is 1. The summed E-state index contributed by atoms with van der Waals surface area (Å²) in [6, 6.07) is 15.7. The Hall–Kier alpha value is -3.19. The van der Waals surface area contributed by atoms with Crippen LogP contribution in [0.2, 0.25) is 0 Å². The Balaban J connectivity index is 1.34. The van der Waals surface area contributed by atoms with Gasteiger partial charge in [0.15, 0.2) is 18.3 Å². The molecule has 7 nitrogen and oxygen atoms in total. The minimum absolute atomic E-state index is 0.0286. The lowest BCUT2D eigenvalue weighted by molar-refractivity contribution is -0.679. The van der Waals surface area contributed by atoms with Crippen molar-refractivity contribution in [1.82, 2.24) is 14.9 Å². The van der Waals surface area contributed by atoms with Gasteiger partial charge in [0, 0.05) is 44.1 Å². The van der Waals surface area contributed by atoms with Gasteiger partial charge in [-0.25, -0.2) is 9.97 Å². The first-order chi connectivity index (χ1) is 13.8. The van der Waals surface area contributed by atoms with Gasteiger partial charge in [-0.05, 0) is 18.2 Å². The number of carbonyl (C=O) groups excluding carboxylic acids is 1. The molecule has 2 N–H and O–H groups in total. The standard InChI is InChI=1S/C21H23N5O2/c27-19(25-11-13-26(14-12-25)21-22-9-5-10-23-21)16-24-20(18-8-4-15-28-18)17-6-2-1-3-7-17/h1-10,15,20,24H,11-14,16H2/p+1/t20-/m0/s1.